The molecule has 21 heavy (non-hydrogen) atoms. The second-order valence-electron chi connectivity index (χ2n) is 3.86. The molecule has 0 fully saturated rings. The van der Waals surface area contributed by atoms with Crippen molar-refractivity contribution >= 4 is 28.9 Å². The maximum absolute atomic E-state index is 12.7. The van der Waals surface area contributed by atoms with E-state index in [-0.39, 0.29) is 11.3 Å². The van der Waals surface area contributed by atoms with E-state index in [0.717, 1.165) is 17.8 Å². The lowest BCUT2D eigenvalue weighted by molar-refractivity contribution is -0.0885. The summed E-state index contributed by atoms with van der Waals surface area (Å²) < 4.78 is 38.1. The van der Waals surface area contributed by atoms with Crippen molar-refractivity contribution in [1.82, 2.24) is 4.98 Å². The number of hydrogen-bond donors (Lipinski definition) is 0. The fraction of sp³-hybridized carbons (Fsp3) is 0.154. The SMILES string of the molecule is CSc1nc(-c2cccs2)c(C(=O)C(F)(F)F)cc1C#N. The third-order valence-electron chi connectivity index (χ3n) is 2.56. The summed E-state index contributed by atoms with van der Waals surface area (Å²) in [6, 6.07) is 5.96. The second-order valence-corrected chi connectivity index (χ2v) is 5.60. The van der Waals surface area contributed by atoms with Gasteiger partial charge in [-0.2, -0.15) is 18.4 Å². The maximum atomic E-state index is 12.7. The number of thiophene rings is 1. The van der Waals surface area contributed by atoms with Gasteiger partial charge in [0.2, 0.25) is 0 Å². The third-order valence-corrected chi connectivity index (χ3v) is 4.13. The van der Waals surface area contributed by atoms with E-state index in [0.29, 0.717) is 9.90 Å². The van der Waals surface area contributed by atoms with Crippen molar-refractivity contribution in [2.75, 3.05) is 6.26 Å². The van der Waals surface area contributed by atoms with E-state index in [4.69, 9.17) is 5.26 Å². The number of Topliss-reactive ketones (excluding diaryl/α,β-unsaturated/α-hetero) is 1. The van der Waals surface area contributed by atoms with Crippen molar-refractivity contribution < 1.29 is 18.0 Å². The molecular formula is C13H7F3N2OS2. The fourth-order valence-corrected chi connectivity index (χ4v) is 2.89. The minimum absolute atomic E-state index is 0.0457. The van der Waals surface area contributed by atoms with Crippen LogP contribution in [0.5, 0.6) is 0 Å². The van der Waals surface area contributed by atoms with Crippen LogP contribution in [0.1, 0.15) is 15.9 Å². The highest BCUT2D eigenvalue weighted by molar-refractivity contribution is 7.98. The molecule has 0 saturated carbocycles. The number of ketones is 1. The van der Waals surface area contributed by atoms with Crippen LogP contribution in [-0.4, -0.2) is 23.2 Å². The summed E-state index contributed by atoms with van der Waals surface area (Å²) in [5, 5.41) is 11.0. The van der Waals surface area contributed by atoms with Crippen LogP contribution < -0.4 is 0 Å². The predicted molar refractivity (Wildman–Crippen MR) is 74.4 cm³/mol. The molecule has 0 radical (unpaired) electrons. The number of alkyl halides is 3. The average Bonchev–Trinajstić information content (AvgIpc) is 2.98. The lowest BCUT2D eigenvalue weighted by Gasteiger charge is -2.11. The fourth-order valence-electron chi connectivity index (χ4n) is 1.66. The Balaban J connectivity index is 2.73. The van der Waals surface area contributed by atoms with Crippen LogP contribution in [0.15, 0.2) is 28.6 Å². The molecule has 3 nitrogen and oxygen atoms in total. The van der Waals surface area contributed by atoms with E-state index >= 15 is 0 Å². The molecular weight excluding hydrogens is 321 g/mol. The van der Waals surface area contributed by atoms with E-state index in [2.05, 4.69) is 4.98 Å². The van der Waals surface area contributed by atoms with Crippen LogP contribution in [0, 0.1) is 11.3 Å². The van der Waals surface area contributed by atoms with Crippen molar-refractivity contribution in [3.8, 4) is 16.6 Å². The maximum Gasteiger partial charge on any atom is 0.454 e. The molecule has 2 aromatic rings. The van der Waals surface area contributed by atoms with Crippen LogP contribution in [0.4, 0.5) is 13.2 Å². The monoisotopic (exact) mass is 328 g/mol. The van der Waals surface area contributed by atoms with Crippen molar-refractivity contribution in [2.45, 2.75) is 11.2 Å². The first-order valence-corrected chi connectivity index (χ1v) is 7.63. The quantitative estimate of drug-likeness (QED) is 0.627. The summed E-state index contributed by atoms with van der Waals surface area (Å²) in [5.41, 5.74) is -0.689. The van der Waals surface area contributed by atoms with E-state index in [1.54, 1.807) is 29.8 Å². The van der Waals surface area contributed by atoms with Crippen LogP contribution >= 0.6 is 23.1 Å². The van der Waals surface area contributed by atoms with Crippen LogP contribution in [0.25, 0.3) is 10.6 Å². The van der Waals surface area contributed by atoms with Gasteiger partial charge in [0.25, 0.3) is 5.78 Å². The zero-order chi connectivity index (χ0) is 15.6. The van der Waals surface area contributed by atoms with Gasteiger partial charge in [0.05, 0.1) is 21.7 Å². The van der Waals surface area contributed by atoms with Crippen molar-refractivity contribution in [2.24, 2.45) is 0 Å². The minimum Gasteiger partial charge on any atom is -0.284 e. The lowest BCUT2D eigenvalue weighted by atomic mass is 10.1. The molecule has 0 saturated heterocycles. The molecule has 2 heterocycles. The van der Waals surface area contributed by atoms with Gasteiger partial charge < -0.3 is 0 Å². The summed E-state index contributed by atoms with van der Waals surface area (Å²) in [6.07, 6.45) is -3.35. The molecule has 8 heteroatoms. The van der Waals surface area contributed by atoms with Gasteiger partial charge in [-0.25, -0.2) is 4.98 Å². The molecule has 0 bridgehead atoms. The Morgan fingerprint density at radius 2 is 2.19 bits per heavy atom. The summed E-state index contributed by atoms with van der Waals surface area (Å²) >= 11 is 2.31. The van der Waals surface area contributed by atoms with Crippen molar-refractivity contribution in [3.63, 3.8) is 0 Å². The zero-order valence-corrected chi connectivity index (χ0v) is 12.2. The molecule has 0 aromatic carbocycles. The van der Waals surface area contributed by atoms with Gasteiger partial charge in [-0.05, 0) is 23.8 Å². The average molecular weight is 328 g/mol. The molecule has 0 unspecified atom stereocenters. The number of nitriles is 1. The first-order chi connectivity index (χ1) is 9.88. The Kier molecular flexibility index (Phi) is 4.34. The topological polar surface area (TPSA) is 53.8 Å². The molecule has 0 aliphatic rings. The Hall–Kier alpha value is -1.85. The van der Waals surface area contributed by atoms with Gasteiger partial charge in [-0.15, -0.1) is 23.1 Å². The Bertz CT molecular complexity index is 718. The number of aromatic nitrogens is 1. The first kappa shape index (κ1) is 15.5. The highest BCUT2D eigenvalue weighted by atomic mass is 32.2. The molecule has 108 valence electrons. The molecule has 2 aromatic heterocycles. The molecule has 0 N–H and O–H groups in total. The largest absolute Gasteiger partial charge is 0.454 e. The van der Waals surface area contributed by atoms with Crippen LogP contribution in [-0.2, 0) is 0 Å². The van der Waals surface area contributed by atoms with Crippen molar-refractivity contribution in [3.05, 3.63) is 34.7 Å². The number of thioether (sulfide) groups is 1. The molecule has 2 rings (SSSR count). The highest BCUT2D eigenvalue weighted by Gasteiger charge is 2.41. The van der Waals surface area contributed by atoms with Gasteiger partial charge in [0, 0.05) is 0 Å². The number of halogens is 3. The number of nitrogens with zero attached hydrogens (tertiary/aromatic N) is 2. The summed E-state index contributed by atoms with van der Waals surface area (Å²) in [6.45, 7) is 0. The van der Waals surface area contributed by atoms with Crippen LogP contribution in [0.2, 0.25) is 0 Å². The third kappa shape index (κ3) is 3.09. The van der Waals surface area contributed by atoms with Gasteiger partial charge in [-0.1, -0.05) is 6.07 Å². The van der Waals surface area contributed by atoms with E-state index < -0.39 is 17.5 Å². The summed E-state index contributed by atoms with van der Waals surface area (Å²) in [4.78, 5) is 16.1. The van der Waals surface area contributed by atoms with Gasteiger partial charge in [0.1, 0.15) is 11.1 Å². The number of carbonyl (C=O) groups is 1. The molecule has 0 atom stereocenters. The molecule has 0 aliphatic heterocycles. The number of pyridine rings is 1. The number of rotatable bonds is 3. The van der Waals surface area contributed by atoms with E-state index in [9.17, 15) is 18.0 Å². The van der Waals surface area contributed by atoms with Gasteiger partial charge in [-0.3, -0.25) is 4.79 Å². The van der Waals surface area contributed by atoms with Gasteiger partial charge >= 0.3 is 6.18 Å². The molecule has 0 aliphatic carbocycles. The smallest absolute Gasteiger partial charge is 0.284 e. The first-order valence-electron chi connectivity index (χ1n) is 5.53. The Morgan fingerprint density at radius 3 is 2.67 bits per heavy atom. The molecule has 0 amide bonds. The summed E-state index contributed by atoms with van der Waals surface area (Å²) in [5.74, 6) is -2.00. The standard InChI is InChI=1S/C13H7F3N2OS2/c1-20-12-7(6-17)5-8(11(19)13(14,15)16)10(18-12)9-3-2-4-21-9/h2-5H,1H3. The van der Waals surface area contributed by atoms with Crippen molar-refractivity contribution in [1.29, 1.82) is 5.26 Å². The van der Waals surface area contributed by atoms with Gasteiger partial charge in [0.15, 0.2) is 0 Å². The predicted octanol–water partition coefficient (Wildman–Crippen LogP) is 4.15. The Morgan fingerprint density at radius 1 is 1.48 bits per heavy atom. The van der Waals surface area contributed by atoms with E-state index in [1.165, 1.54) is 11.3 Å². The lowest BCUT2D eigenvalue weighted by Crippen LogP contribution is -2.24. The van der Waals surface area contributed by atoms with Crippen LogP contribution in [0.3, 0.4) is 0 Å². The second kappa shape index (κ2) is 5.87. The molecule has 0 spiro atoms. The number of hydrogen-bond acceptors (Lipinski definition) is 5. The van der Waals surface area contributed by atoms with E-state index in [1.807, 2.05) is 0 Å². The number of carbonyl (C=O) groups excluding carboxylic acids is 1. The zero-order valence-electron chi connectivity index (χ0n) is 10.6. The summed E-state index contributed by atoms with van der Waals surface area (Å²) in [7, 11) is 0. The Labute approximate surface area is 126 Å². The highest BCUT2D eigenvalue weighted by Crippen LogP contribution is 2.33. The minimum atomic E-state index is -5.01. The normalized spacial score (nSPS) is 11.2.